The van der Waals surface area contributed by atoms with Crippen molar-refractivity contribution in [3.05, 3.63) is 18.2 Å². The van der Waals surface area contributed by atoms with Gasteiger partial charge in [-0.15, -0.1) is 0 Å². The molecule has 1 fully saturated rings. The molecule has 1 aliphatic heterocycles. The highest BCUT2D eigenvalue weighted by Gasteiger charge is 2.24. The first-order chi connectivity index (χ1) is 9.63. The first-order valence-electron chi connectivity index (χ1n) is 7.56. The lowest BCUT2D eigenvalue weighted by Gasteiger charge is -2.38. The number of nitrogens with zero attached hydrogens (tertiary/aromatic N) is 1. The van der Waals surface area contributed by atoms with Gasteiger partial charge in [0, 0.05) is 19.2 Å². The van der Waals surface area contributed by atoms with E-state index in [0.717, 1.165) is 30.8 Å². The van der Waals surface area contributed by atoms with Gasteiger partial charge in [0.2, 0.25) is 0 Å². The summed E-state index contributed by atoms with van der Waals surface area (Å²) in [6, 6.07) is 6.35. The highest BCUT2D eigenvalue weighted by molar-refractivity contribution is 5.74. The molecule has 3 N–H and O–H groups in total. The molecular weight excluding hydrogens is 252 g/mol. The fourth-order valence-electron chi connectivity index (χ4n) is 2.91. The summed E-state index contributed by atoms with van der Waals surface area (Å²) in [4.78, 5) is 2.34. The second-order valence-electron chi connectivity index (χ2n) is 5.71. The van der Waals surface area contributed by atoms with Gasteiger partial charge < -0.3 is 20.5 Å². The Kier molecular flexibility index (Phi) is 5.12. The van der Waals surface area contributed by atoms with Gasteiger partial charge in [0.15, 0.2) is 0 Å². The Balaban J connectivity index is 2.25. The van der Waals surface area contributed by atoms with Gasteiger partial charge in [-0.1, -0.05) is 6.07 Å². The summed E-state index contributed by atoms with van der Waals surface area (Å²) < 4.78 is 5.77. The van der Waals surface area contributed by atoms with Crippen molar-refractivity contribution >= 4 is 11.4 Å². The molecule has 4 heteroatoms. The first kappa shape index (κ1) is 15.0. The maximum atomic E-state index is 9.24. The minimum absolute atomic E-state index is 0.113. The average Bonchev–Trinajstić information content (AvgIpc) is 2.42. The van der Waals surface area contributed by atoms with Crippen LogP contribution in [0.1, 0.15) is 39.5 Å². The van der Waals surface area contributed by atoms with Crippen LogP contribution >= 0.6 is 0 Å². The van der Waals surface area contributed by atoms with Gasteiger partial charge in [-0.25, -0.2) is 0 Å². The van der Waals surface area contributed by atoms with E-state index in [1.165, 1.54) is 12.8 Å². The molecule has 1 aromatic rings. The zero-order valence-corrected chi connectivity index (χ0v) is 12.5. The van der Waals surface area contributed by atoms with Crippen molar-refractivity contribution < 1.29 is 9.84 Å². The molecule has 0 radical (unpaired) electrons. The summed E-state index contributed by atoms with van der Waals surface area (Å²) in [5, 5.41) is 9.24. The number of hydrogen-bond acceptors (Lipinski definition) is 4. The molecule has 0 aliphatic carbocycles. The highest BCUT2D eigenvalue weighted by atomic mass is 16.5. The SMILES string of the molecule is CC(C)Oc1cccc(N2CCCCC2CCO)c1N. The number of hydrogen-bond donors (Lipinski definition) is 2. The van der Waals surface area contributed by atoms with Gasteiger partial charge in [-0.3, -0.25) is 0 Å². The van der Waals surface area contributed by atoms with E-state index >= 15 is 0 Å². The van der Waals surface area contributed by atoms with Crippen LogP contribution in [0.3, 0.4) is 0 Å². The van der Waals surface area contributed by atoms with Crippen LogP contribution in [0.15, 0.2) is 18.2 Å². The summed E-state index contributed by atoms with van der Waals surface area (Å²) in [5.41, 5.74) is 8.05. The van der Waals surface area contributed by atoms with Gasteiger partial charge in [0.1, 0.15) is 5.75 Å². The van der Waals surface area contributed by atoms with Crippen LogP contribution in [-0.4, -0.2) is 30.4 Å². The molecule has 1 aliphatic rings. The molecule has 0 amide bonds. The third-order valence-electron chi connectivity index (χ3n) is 3.80. The molecule has 0 spiro atoms. The fraction of sp³-hybridized carbons (Fsp3) is 0.625. The Labute approximate surface area is 121 Å². The minimum Gasteiger partial charge on any atom is -0.489 e. The number of nitrogens with two attached hydrogens (primary N) is 1. The Bertz CT molecular complexity index is 432. The zero-order valence-electron chi connectivity index (χ0n) is 12.5. The number of rotatable bonds is 5. The predicted molar refractivity (Wildman–Crippen MR) is 83.3 cm³/mol. The van der Waals surface area contributed by atoms with Crippen molar-refractivity contribution in [2.24, 2.45) is 0 Å². The Morgan fingerprint density at radius 1 is 1.40 bits per heavy atom. The Hall–Kier alpha value is -1.42. The molecule has 1 unspecified atom stereocenters. The van der Waals surface area contributed by atoms with E-state index in [-0.39, 0.29) is 12.7 Å². The monoisotopic (exact) mass is 278 g/mol. The normalized spacial score (nSPS) is 19.4. The minimum atomic E-state index is 0.113. The number of ether oxygens (including phenoxy) is 1. The van der Waals surface area contributed by atoms with E-state index in [9.17, 15) is 5.11 Å². The third kappa shape index (κ3) is 3.37. The van der Waals surface area contributed by atoms with Gasteiger partial charge in [-0.05, 0) is 51.7 Å². The van der Waals surface area contributed by atoms with Crippen molar-refractivity contribution in [3.63, 3.8) is 0 Å². The van der Waals surface area contributed by atoms with Gasteiger partial charge in [-0.2, -0.15) is 0 Å². The number of benzene rings is 1. The number of aliphatic hydroxyl groups is 1. The molecule has 1 heterocycles. The standard InChI is InChI=1S/C16H26N2O2/c1-12(2)20-15-8-5-7-14(16(15)17)18-10-4-3-6-13(18)9-11-19/h5,7-8,12-13,19H,3-4,6,9-11,17H2,1-2H3. The summed E-state index contributed by atoms with van der Waals surface area (Å²) in [6.07, 6.45) is 4.44. The lowest BCUT2D eigenvalue weighted by Crippen LogP contribution is -2.40. The maximum Gasteiger partial charge on any atom is 0.144 e. The van der Waals surface area contributed by atoms with E-state index in [4.69, 9.17) is 10.5 Å². The van der Waals surface area contributed by atoms with Crippen molar-refractivity contribution in [1.29, 1.82) is 0 Å². The summed E-state index contributed by atoms with van der Waals surface area (Å²) >= 11 is 0. The van der Waals surface area contributed by atoms with Crippen LogP contribution in [0.4, 0.5) is 11.4 Å². The van der Waals surface area contributed by atoms with Crippen LogP contribution in [0.2, 0.25) is 0 Å². The molecular formula is C16H26N2O2. The number of anilines is 2. The van der Waals surface area contributed by atoms with Crippen LogP contribution in [-0.2, 0) is 0 Å². The molecule has 0 aromatic heterocycles. The van der Waals surface area contributed by atoms with E-state index in [0.29, 0.717) is 11.7 Å². The van der Waals surface area contributed by atoms with Gasteiger partial charge in [0.25, 0.3) is 0 Å². The summed E-state index contributed by atoms with van der Waals surface area (Å²) in [7, 11) is 0. The quantitative estimate of drug-likeness (QED) is 0.813. The molecule has 0 bridgehead atoms. The van der Waals surface area contributed by atoms with E-state index in [2.05, 4.69) is 11.0 Å². The lowest BCUT2D eigenvalue weighted by molar-refractivity contribution is 0.243. The molecule has 1 atom stereocenters. The van der Waals surface area contributed by atoms with Crippen molar-refractivity contribution in [2.45, 2.75) is 51.7 Å². The van der Waals surface area contributed by atoms with Crippen molar-refractivity contribution in [3.8, 4) is 5.75 Å². The lowest BCUT2D eigenvalue weighted by atomic mass is 9.98. The second kappa shape index (κ2) is 6.84. The number of para-hydroxylation sites is 1. The largest absolute Gasteiger partial charge is 0.489 e. The molecule has 20 heavy (non-hydrogen) atoms. The first-order valence-corrected chi connectivity index (χ1v) is 7.56. The van der Waals surface area contributed by atoms with E-state index in [1.54, 1.807) is 0 Å². The second-order valence-corrected chi connectivity index (χ2v) is 5.71. The highest BCUT2D eigenvalue weighted by Crippen LogP contribution is 2.36. The molecule has 1 aromatic carbocycles. The van der Waals surface area contributed by atoms with Crippen LogP contribution in [0.25, 0.3) is 0 Å². The summed E-state index contributed by atoms with van der Waals surface area (Å²) in [6.45, 7) is 5.23. The van der Waals surface area contributed by atoms with E-state index in [1.807, 2.05) is 26.0 Å². The molecule has 4 nitrogen and oxygen atoms in total. The predicted octanol–water partition coefficient (Wildman–Crippen LogP) is 2.80. The van der Waals surface area contributed by atoms with Crippen molar-refractivity contribution in [1.82, 2.24) is 0 Å². The van der Waals surface area contributed by atoms with Crippen LogP contribution < -0.4 is 15.4 Å². The fourth-order valence-corrected chi connectivity index (χ4v) is 2.91. The zero-order chi connectivity index (χ0) is 14.5. The number of piperidine rings is 1. The van der Waals surface area contributed by atoms with Crippen LogP contribution in [0.5, 0.6) is 5.75 Å². The molecule has 112 valence electrons. The third-order valence-corrected chi connectivity index (χ3v) is 3.80. The van der Waals surface area contributed by atoms with Gasteiger partial charge in [0.05, 0.1) is 17.5 Å². The Morgan fingerprint density at radius 2 is 2.20 bits per heavy atom. The van der Waals surface area contributed by atoms with E-state index < -0.39 is 0 Å². The Morgan fingerprint density at radius 3 is 2.90 bits per heavy atom. The molecule has 1 saturated heterocycles. The maximum absolute atomic E-state index is 9.24. The topological polar surface area (TPSA) is 58.7 Å². The van der Waals surface area contributed by atoms with Crippen molar-refractivity contribution in [2.75, 3.05) is 23.8 Å². The number of nitrogen functional groups attached to an aromatic ring is 1. The molecule has 2 rings (SSSR count). The van der Waals surface area contributed by atoms with Gasteiger partial charge >= 0.3 is 0 Å². The molecule has 0 saturated carbocycles. The summed E-state index contributed by atoms with van der Waals surface area (Å²) in [5.74, 6) is 0.755. The number of aliphatic hydroxyl groups excluding tert-OH is 1. The average molecular weight is 278 g/mol. The smallest absolute Gasteiger partial charge is 0.144 e. The van der Waals surface area contributed by atoms with Crippen LogP contribution in [0, 0.1) is 0 Å².